The smallest absolute Gasteiger partial charge is 0.0307 e. The standard InChI is InChI=1S/C19H32N2/c1-4-7-8-9-13-16-18(21-20)19(5-2,6-3)17-14-11-10-12-15-17/h4,10-12,14-15,18,21H,1,5-9,13,16,20H2,2-3H3. The lowest BCUT2D eigenvalue weighted by atomic mass is 9.69. The molecular formula is C19H32N2. The Balaban J connectivity index is 2.78. The third-order valence-corrected chi connectivity index (χ3v) is 4.88. The number of hydrogen-bond donors (Lipinski definition) is 2. The minimum atomic E-state index is 0.133. The van der Waals surface area contributed by atoms with Crippen molar-refractivity contribution in [1.82, 2.24) is 5.43 Å². The van der Waals surface area contributed by atoms with Crippen LogP contribution < -0.4 is 11.3 Å². The molecule has 0 aliphatic carbocycles. The predicted molar refractivity (Wildman–Crippen MR) is 93.1 cm³/mol. The van der Waals surface area contributed by atoms with Crippen molar-refractivity contribution in [3.63, 3.8) is 0 Å². The van der Waals surface area contributed by atoms with E-state index in [1.54, 1.807) is 0 Å². The Kier molecular flexibility index (Phi) is 8.33. The van der Waals surface area contributed by atoms with Gasteiger partial charge in [-0.3, -0.25) is 11.3 Å². The second-order valence-corrected chi connectivity index (χ2v) is 5.88. The third-order valence-electron chi connectivity index (χ3n) is 4.88. The van der Waals surface area contributed by atoms with Gasteiger partial charge in [0.1, 0.15) is 0 Å². The van der Waals surface area contributed by atoms with E-state index in [4.69, 9.17) is 5.84 Å². The molecule has 1 atom stereocenters. The first-order valence-electron chi connectivity index (χ1n) is 8.37. The summed E-state index contributed by atoms with van der Waals surface area (Å²) in [5, 5.41) is 0. The Morgan fingerprint density at radius 2 is 1.81 bits per heavy atom. The largest absolute Gasteiger partial charge is 0.271 e. The van der Waals surface area contributed by atoms with Crippen LogP contribution in [0.2, 0.25) is 0 Å². The van der Waals surface area contributed by atoms with Gasteiger partial charge in [0.15, 0.2) is 0 Å². The van der Waals surface area contributed by atoms with Crippen LogP contribution in [0, 0.1) is 0 Å². The van der Waals surface area contributed by atoms with Gasteiger partial charge in [0, 0.05) is 11.5 Å². The highest BCUT2D eigenvalue weighted by Crippen LogP contribution is 2.37. The van der Waals surface area contributed by atoms with E-state index >= 15 is 0 Å². The molecule has 2 nitrogen and oxygen atoms in total. The van der Waals surface area contributed by atoms with E-state index in [0.29, 0.717) is 6.04 Å². The lowest BCUT2D eigenvalue weighted by Gasteiger charge is -2.40. The first kappa shape index (κ1) is 17.9. The normalized spacial score (nSPS) is 13.1. The maximum atomic E-state index is 5.92. The van der Waals surface area contributed by atoms with E-state index in [-0.39, 0.29) is 5.41 Å². The number of hydrogen-bond acceptors (Lipinski definition) is 2. The van der Waals surface area contributed by atoms with E-state index in [0.717, 1.165) is 25.7 Å². The highest BCUT2D eigenvalue weighted by molar-refractivity contribution is 5.27. The van der Waals surface area contributed by atoms with Gasteiger partial charge in [-0.15, -0.1) is 6.58 Å². The lowest BCUT2D eigenvalue weighted by Crippen LogP contribution is -2.50. The van der Waals surface area contributed by atoms with E-state index < -0.39 is 0 Å². The Labute approximate surface area is 130 Å². The van der Waals surface area contributed by atoms with Crippen molar-refractivity contribution in [2.45, 2.75) is 70.3 Å². The van der Waals surface area contributed by atoms with Crippen molar-refractivity contribution < 1.29 is 0 Å². The van der Waals surface area contributed by atoms with Crippen LogP contribution in [-0.2, 0) is 5.41 Å². The van der Waals surface area contributed by atoms with Crippen LogP contribution in [0.3, 0.4) is 0 Å². The summed E-state index contributed by atoms with van der Waals surface area (Å²) in [5.74, 6) is 5.92. The molecule has 1 aromatic rings. The summed E-state index contributed by atoms with van der Waals surface area (Å²) < 4.78 is 0. The number of allylic oxidation sites excluding steroid dienone is 1. The molecule has 0 aromatic heterocycles. The summed E-state index contributed by atoms with van der Waals surface area (Å²) in [6.07, 6.45) is 10.2. The molecule has 0 radical (unpaired) electrons. The second-order valence-electron chi connectivity index (χ2n) is 5.88. The highest BCUT2D eigenvalue weighted by Gasteiger charge is 2.36. The van der Waals surface area contributed by atoms with E-state index in [1.807, 2.05) is 6.08 Å². The Bertz CT molecular complexity index is 382. The van der Waals surface area contributed by atoms with E-state index in [1.165, 1.54) is 24.8 Å². The number of nitrogens with two attached hydrogens (primary N) is 1. The zero-order valence-electron chi connectivity index (χ0n) is 13.8. The zero-order chi connectivity index (χ0) is 15.6. The molecule has 0 bridgehead atoms. The van der Waals surface area contributed by atoms with Gasteiger partial charge in [-0.2, -0.15) is 0 Å². The fraction of sp³-hybridized carbons (Fsp3) is 0.579. The van der Waals surface area contributed by atoms with Gasteiger partial charge in [-0.1, -0.05) is 63.1 Å². The summed E-state index contributed by atoms with van der Waals surface area (Å²) in [6, 6.07) is 11.2. The van der Waals surface area contributed by atoms with Crippen molar-refractivity contribution in [1.29, 1.82) is 0 Å². The van der Waals surface area contributed by atoms with Gasteiger partial charge in [-0.05, 0) is 37.7 Å². The molecule has 0 amide bonds. The van der Waals surface area contributed by atoms with Gasteiger partial charge >= 0.3 is 0 Å². The first-order valence-corrected chi connectivity index (χ1v) is 8.37. The van der Waals surface area contributed by atoms with Crippen LogP contribution in [0.4, 0.5) is 0 Å². The van der Waals surface area contributed by atoms with E-state index in [2.05, 4.69) is 56.2 Å². The van der Waals surface area contributed by atoms with Gasteiger partial charge in [-0.25, -0.2) is 0 Å². The Hall–Kier alpha value is -1.12. The number of hydrazine groups is 1. The molecule has 0 saturated heterocycles. The minimum absolute atomic E-state index is 0.133. The Morgan fingerprint density at radius 3 is 2.33 bits per heavy atom. The molecule has 0 spiro atoms. The molecule has 3 N–H and O–H groups in total. The van der Waals surface area contributed by atoms with Crippen LogP contribution >= 0.6 is 0 Å². The molecule has 118 valence electrons. The molecule has 2 heteroatoms. The summed E-state index contributed by atoms with van der Waals surface area (Å²) in [5.41, 5.74) is 4.65. The van der Waals surface area contributed by atoms with E-state index in [9.17, 15) is 0 Å². The first-order chi connectivity index (χ1) is 10.2. The van der Waals surface area contributed by atoms with Gasteiger partial charge in [0.2, 0.25) is 0 Å². The van der Waals surface area contributed by atoms with Crippen molar-refractivity contribution in [3.05, 3.63) is 48.6 Å². The lowest BCUT2D eigenvalue weighted by molar-refractivity contribution is 0.254. The molecule has 0 aliphatic rings. The van der Waals surface area contributed by atoms with Crippen LogP contribution in [-0.4, -0.2) is 6.04 Å². The van der Waals surface area contributed by atoms with Crippen LogP contribution in [0.1, 0.15) is 64.4 Å². The predicted octanol–water partition coefficient (Wildman–Crippen LogP) is 4.71. The van der Waals surface area contributed by atoms with Gasteiger partial charge < -0.3 is 0 Å². The SMILES string of the molecule is C=CCCCCCC(NN)C(CC)(CC)c1ccccc1. The minimum Gasteiger partial charge on any atom is -0.271 e. The van der Waals surface area contributed by atoms with Gasteiger partial charge in [0.25, 0.3) is 0 Å². The third kappa shape index (κ3) is 4.69. The van der Waals surface area contributed by atoms with Crippen molar-refractivity contribution >= 4 is 0 Å². The zero-order valence-corrected chi connectivity index (χ0v) is 13.8. The summed E-state index contributed by atoms with van der Waals surface area (Å²) in [6.45, 7) is 8.34. The maximum absolute atomic E-state index is 5.92. The Morgan fingerprint density at radius 1 is 1.14 bits per heavy atom. The molecule has 0 fully saturated rings. The van der Waals surface area contributed by atoms with Crippen molar-refractivity contribution in [2.75, 3.05) is 0 Å². The molecule has 21 heavy (non-hydrogen) atoms. The molecule has 0 saturated carbocycles. The number of benzene rings is 1. The van der Waals surface area contributed by atoms with Crippen molar-refractivity contribution in [3.8, 4) is 0 Å². The molecular weight excluding hydrogens is 256 g/mol. The maximum Gasteiger partial charge on any atom is 0.0307 e. The fourth-order valence-corrected chi connectivity index (χ4v) is 3.46. The molecule has 1 aromatic carbocycles. The van der Waals surface area contributed by atoms with Crippen molar-refractivity contribution in [2.24, 2.45) is 5.84 Å². The monoisotopic (exact) mass is 288 g/mol. The second kappa shape index (κ2) is 9.75. The number of nitrogens with one attached hydrogen (secondary N) is 1. The topological polar surface area (TPSA) is 38.0 Å². The quantitative estimate of drug-likeness (QED) is 0.268. The van der Waals surface area contributed by atoms with Gasteiger partial charge in [0.05, 0.1) is 0 Å². The highest BCUT2D eigenvalue weighted by atomic mass is 15.2. The van der Waals surface area contributed by atoms with Crippen LogP contribution in [0.25, 0.3) is 0 Å². The summed E-state index contributed by atoms with van der Waals surface area (Å²) >= 11 is 0. The molecule has 0 heterocycles. The average molecular weight is 288 g/mol. The summed E-state index contributed by atoms with van der Waals surface area (Å²) in [7, 11) is 0. The average Bonchev–Trinajstić information content (AvgIpc) is 2.55. The molecule has 0 aliphatic heterocycles. The summed E-state index contributed by atoms with van der Waals surface area (Å²) in [4.78, 5) is 0. The van der Waals surface area contributed by atoms with Crippen LogP contribution in [0.15, 0.2) is 43.0 Å². The van der Waals surface area contributed by atoms with Crippen LogP contribution in [0.5, 0.6) is 0 Å². The fourth-order valence-electron chi connectivity index (χ4n) is 3.46. The molecule has 1 unspecified atom stereocenters. The molecule has 1 rings (SSSR count). The number of unbranched alkanes of at least 4 members (excludes halogenated alkanes) is 3. The number of rotatable bonds is 11.